The summed E-state index contributed by atoms with van der Waals surface area (Å²) in [7, 11) is -1.95. The molecule has 1 aliphatic rings. The van der Waals surface area contributed by atoms with Crippen molar-refractivity contribution in [3.8, 4) is 0 Å². The second-order valence-electron chi connectivity index (χ2n) is 9.40. The smallest absolute Gasteiger partial charge is 0.240 e. The van der Waals surface area contributed by atoms with Crippen LogP contribution in [0.5, 0.6) is 0 Å². The van der Waals surface area contributed by atoms with E-state index in [1.165, 1.54) is 12.1 Å². The fourth-order valence-electron chi connectivity index (χ4n) is 4.47. The highest BCUT2D eigenvalue weighted by Crippen LogP contribution is 2.24. The number of likely N-dealkylation sites (N-methyl/N-ethyl adjacent to an activating group) is 1. The van der Waals surface area contributed by atoms with Crippen LogP contribution in [0.1, 0.15) is 29.2 Å². The molecule has 3 aromatic carbocycles. The monoisotopic (exact) mass is 561 g/mol. The predicted molar refractivity (Wildman–Crippen MR) is 147 cm³/mol. The molecule has 204 valence electrons. The summed E-state index contributed by atoms with van der Waals surface area (Å²) in [5, 5.41) is 9.93. The second-order valence-corrected chi connectivity index (χ2v) is 11.2. The number of carbonyl (C=O) groups excluding carboxylic acids is 1. The van der Waals surface area contributed by atoms with E-state index in [1.807, 2.05) is 49.5 Å². The summed E-state index contributed by atoms with van der Waals surface area (Å²) in [6.45, 7) is 2.14. The van der Waals surface area contributed by atoms with Gasteiger partial charge in [-0.15, -0.1) is 12.4 Å². The molecule has 2 unspecified atom stereocenters. The third-order valence-electron chi connectivity index (χ3n) is 6.69. The molecule has 0 saturated carbocycles. The minimum absolute atomic E-state index is 0. The third-order valence-corrected chi connectivity index (χ3v) is 8.11. The Morgan fingerprint density at radius 3 is 2.29 bits per heavy atom. The van der Waals surface area contributed by atoms with Crippen molar-refractivity contribution in [2.45, 2.75) is 36.4 Å². The van der Waals surface area contributed by atoms with Crippen LogP contribution in [0.25, 0.3) is 0 Å². The normalized spacial score (nSPS) is 16.6. The Balaban J connectivity index is 0.00000400. The first-order valence-corrected chi connectivity index (χ1v) is 13.7. The number of nitrogens with one attached hydrogen (secondary N) is 1. The average molecular weight is 562 g/mol. The quantitative estimate of drug-likeness (QED) is 0.395. The lowest BCUT2D eigenvalue weighted by atomic mass is 10.0. The molecule has 0 bridgehead atoms. The van der Waals surface area contributed by atoms with Gasteiger partial charge in [-0.25, -0.2) is 17.5 Å². The molecule has 0 aliphatic carbocycles. The van der Waals surface area contributed by atoms with Gasteiger partial charge in [-0.05, 0) is 47.4 Å². The number of nitrogens with zero attached hydrogens (tertiary/aromatic N) is 2. The van der Waals surface area contributed by atoms with Gasteiger partial charge in [-0.1, -0.05) is 54.6 Å². The van der Waals surface area contributed by atoms with Crippen molar-refractivity contribution in [2.24, 2.45) is 0 Å². The summed E-state index contributed by atoms with van der Waals surface area (Å²) in [4.78, 5) is 17.2. The molecule has 10 heteroatoms. The van der Waals surface area contributed by atoms with Gasteiger partial charge in [0, 0.05) is 33.2 Å². The van der Waals surface area contributed by atoms with Crippen LogP contribution in [0, 0.1) is 5.82 Å². The zero-order valence-corrected chi connectivity index (χ0v) is 22.8. The Morgan fingerprint density at radius 2 is 1.68 bits per heavy atom. The van der Waals surface area contributed by atoms with Crippen LogP contribution >= 0.6 is 12.4 Å². The van der Waals surface area contributed by atoms with Crippen LogP contribution in [0.3, 0.4) is 0 Å². The number of hydrogen-bond donors (Lipinski definition) is 2. The van der Waals surface area contributed by atoms with E-state index in [1.54, 1.807) is 17.0 Å². The Hall–Kier alpha value is -2.82. The van der Waals surface area contributed by atoms with Gasteiger partial charge < -0.3 is 10.0 Å². The van der Waals surface area contributed by atoms with Crippen molar-refractivity contribution in [1.29, 1.82) is 0 Å². The van der Waals surface area contributed by atoms with Gasteiger partial charge in [0.1, 0.15) is 5.82 Å². The van der Waals surface area contributed by atoms with Gasteiger partial charge in [-0.3, -0.25) is 9.69 Å². The number of carbonyl (C=O) groups is 1. The van der Waals surface area contributed by atoms with Crippen molar-refractivity contribution >= 4 is 28.3 Å². The summed E-state index contributed by atoms with van der Waals surface area (Å²) in [5.74, 6) is -0.530. The number of sulfonamides is 1. The van der Waals surface area contributed by atoms with E-state index in [0.717, 1.165) is 41.8 Å². The second kappa shape index (κ2) is 13.3. The van der Waals surface area contributed by atoms with Crippen molar-refractivity contribution < 1.29 is 22.7 Å². The zero-order chi connectivity index (χ0) is 26.4. The first-order chi connectivity index (χ1) is 17.7. The number of amides is 1. The van der Waals surface area contributed by atoms with E-state index in [-0.39, 0.29) is 48.3 Å². The average Bonchev–Trinajstić information content (AvgIpc) is 3.32. The van der Waals surface area contributed by atoms with Crippen LogP contribution in [0.15, 0.2) is 83.8 Å². The van der Waals surface area contributed by atoms with Crippen molar-refractivity contribution in [2.75, 3.05) is 26.7 Å². The highest BCUT2D eigenvalue weighted by Gasteiger charge is 2.28. The lowest BCUT2D eigenvalue weighted by Crippen LogP contribution is -2.39. The van der Waals surface area contributed by atoms with Crippen LogP contribution < -0.4 is 4.72 Å². The van der Waals surface area contributed by atoms with Gasteiger partial charge in [0.05, 0.1) is 23.5 Å². The van der Waals surface area contributed by atoms with Crippen LogP contribution in [-0.2, 0) is 27.8 Å². The molecule has 4 rings (SSSR count). The minimum Gasteiger partial charge on any atom is -0.392 e. The van der Waals surface area contributed by atoms with Crippen LogP contribution in [-0.4, -0.2) is 62.0 Å². The maximum Gasteiger partial charge on any atom is 0.240 e. The van der Waals surface area contributed by atoms with Gasteiger partial charge >= 0.3 is 0 Å². The number of β-amino-alcohol motifs (C(OH)–C–C–N with tert-alkyl or cyclic N) is 1. The number of aliphatic hydroxyl groups excluding tert-OH is 1. The van der Waals surface area contributed by atoms with Crippen LogP contribution in [0.4, 0.5) is 4.39 Å². The molecule has 7 nitrogen and oxygen atoms in total. The highest BCUT2D eigenvalue weighted by atomic mass is 35.5. The summed E-state index contributed by atoms with van der Waals surface area (Å²) < 4.78 is 40.4. The van der Waals surface area contributed by atoms with Gasteiger partial charge in [-0.2, -0.15) is 0 Å². The molecule has 0 aromatic heterocycles. The summed E-state index contributed by atoms with van der Waals surface area (Å²) in [5.41, 5.74) is 2.61. The van der Waals surface area contributed by atoms with Gasteiger partial charge in [0.25, 0.3) is 0 Å². The Labute approximate surface area is 229 Å². The molecule has 1 aliphatic heterocycles. The fraction of sp³-hybridized carbons (Fsp3) is 0.321. The molecular weight excluding hydrogens is 529 g/mol. The molecular formula is C28H33ClFN3O4S. The van der Waals surface area contributed by atoms with Gasteiger partial charge in [0.15, 0.2) is 0 Å². The standard InChI is InChI=1S/C28H32FN3O4S.ClH/c1-31(27(23-5-3-2-4-6-23)20-32-16-15-25(33)19-32)28(34)17-21-7-9-22(10-8-21)18-30-37(35,36)26-13-11-24(29)12-14-26;/h2-14,25,27,30,33H,15-20H2,1H3;1H. The Bertz CT molecular complexity index is 1290. The predicted octanol–water partition coefficient (Wildman–Crippen LogP) is 3.53. The van der Waals surface area contributed by atoms with E-state index in [2.05, 4.69) is 9.62 Å². The fourth-order valence-corrected chi connectivity index (χ4v) is 5.49. The highest BCUT2D eigenvalue weighted by molar-refractivity contribution is 7.89. The van der Waals surface area contributed by atoms with Gasteiger partial charge in [0.2, 0.25) is 15.9 Å². The number of rotatable bonds is 10. The summed E-state index contributed by atoms with van der Waals surface area (Å²) >= 11 is 0. The largest absolute Gasteiger partial charge is 0.392 e. The van der Waals surface area contributed by atoms with E-state index in [0.29, 0.717) is 13.1 Å². The third kappa shape index (κ3) is 7.85. The topological polar surface area (TPSA) is 90.0 Å². The van der Waals surface area contributed by atoms with Crippen LogP contribution in [0.2, 0.25) is 0 Å². The molecule has 1 fully saturated rings. The zero-order valence-electron chi connectivity index (χ0n) is 21.2. The number of aliphatic hydroxyl groups is 1. The summed E-state index contributed by atoms with van der Waals surface area (Å²) in [6.07, 6.45) is 0.631. The van der Waals surface area contributed by atoms with Crippen molar-refractivity contribution in [3.05, 3.63) is 101 Å². The van der Waals surface area contributed by atoms with Crippen molar-refractivity contribution in [3.63, 3.8) is 0 Å². The van der Waals surface area contributed by atoms with E-state index < -0.39 is 15.8 Å². The number of likely N-dealkylation sites (tertiary alicyclic amines) is 1. The van der Waals surface area contributed by atoms with E-state index in [4.69, 9.17) is 0 Å². The minimum atomic E-state index is -3.76. The molecule has 1 saturated heterocycles. The Kier molecular flexibility index (Phi) is 10.4. The SMILES string of the molecule is CN(C(=O)Cc1ccc(CNS(=O)(=O)c2ccc(F)cc2)cc1)C(CN1CCC(O)C1)c1ccccc1.Cl. The Morgan fingerprint density at radius 1 is 1.05 bits per heavy atom. The molecule has 1 amide bonds. The van der Waals surface area contributed by atoms with E-state index >= 15 is 0 Å². The number of halogens is 2. The molecule has 0 spiro atoms. The maximum absolute atomic E-state index is 13.2. The lowest BCUT2D eigenvalue weighted by molar-refractivity contribution is -0.131. The molecule has 2 N–H and O–H groups in total. The number of benzene rings is 3. The molecule has 38 heavy (non-hydrogen) atoms. The van der Waals surface area contributed by atoms with E-state index in [9.17, 15) is 22.7 Å². The lowest BCUT2D eigenvalue weighted by Gasteiger charge is -2.32. The van der Waals surface area contributed by atoms with Crippen molar-refractivity contribution in [1.82, 2.24) is 14.5 Å². The first kappa shape index (κ1) is 29.7. The molecule has 2 atom stereocenters. The summed E-state index contributed by atoms with van der Waals surface area (Å²) in [6, 6.07) is 21.6. The molecule has 0 radical (unpaired) electrons. The maximum atomic E-state index is 13.2. The molecule has 3 aromatic rings. The number of hydrogen-bond acceptors (Lipinski definition) is 5. The first-order valence-electron chi connectivity index (χ1n) is 12.3. The molecule has 1 heterocycles.